The minimum Gasteiger partial charge on any atom is -0.481 e. The second-order valence-electron chi connectivity index (χ2n) is 4.28. The van der Waals surface area contributed by atoms with E-state index >= 15 is 0 Å². The number of carboxylic acid groups (broad SMARTS) is 1. The minimum absolute atomic E-state index is 0.215. The maximum atomic E-state index is 10.9. The zero-order chi connectivity index (χ0) is 13.1. The van der Waals surface area contributed by atoms with Crippen molar-refractivity contribution in [3.63, 3.8) is 0 Å². The summed E-state index contributed by atoms with van der Waals surface area (Å²) in [6.07, 6.45) is 2.72. The molecule has 4 N–H and O–H groups in total. The Morgan fingerprint density at radius 1 is 1.41 bits per heavy atom. The third-order valence-corrected chi connectivity index (χ3v) is 2.62. The van der Waals surface area contributed by atoms with Crippen LogP contribution in [0.5, 0.6) is 0 Å². The molecule has 0 saturated heterocycles. The summed E-state index contributed by atoms with van der Waals surface area (Å²) >= 11 is 0. The van der Waals surface area contributed by atoms with E-state index in [9.17, 15) is 9.90 Å². The van der Waals surface area contributed by atoms with Gasteiger partial charge in [0.2, 0.25) is 0 Å². The fraction of sp³-hybridized carbons (Fsp3) is 0.917. The molecule has 2 unspecified atom stereocenters. The number of aliphatic hydroxyl groups is 1. The van der Waals surface area contributed by atoms with Gasteiger partial charge < -0.3 is 20.7 Å². The fourth-order valence-electron chi connectivity index (χ4n) is 1.57. The second-order valence-corrected chi connectivity index (χ2v) is 4.28. The van der Waals surface area contributed by atoms with Crippen LogP contribution < -0.4 is 5.73 Å². The molecule has 0 heterocycles. The molecule has 0 radical (unpaired) electrons. The molecule has 0 aromatic heterocycles. The zero-order valence-electron chi connectivity index (χ0n) is 10.6. The predicted molar refractivity (Wildman–Crippen MR) is 65.8 cm³/mol. The normalized spacial score (nSPS) is 14.5. The van der Waals surface area contributed by atoms with Crippen LogP contribution in [0.15, 0.2) is 0 Å². The molecule has 5 nitrogen and oxygen atoms in total. The Hall–Kier alpha value is -0.650. The van der Waals surface area contributed by atoms with Crippen LogP contribution in [0, 0.1) is 5.92 Å². The molecule has 0 bridgehead atoms. The Morgan fingerprint density at radius 2 is 2.12 bits per heavy atom. The van der Waals surface area contributed by atoms with Crippen LogP contribution in [0.2, 0.25) is 0 Å². The first kappa shape index (κ1) is 16.4. The highest BCUT2D eigenvalue weighted by Crippen LogP contribution is 2.14. The number of rotatable bonds is 11. The lowest BCUT2D eigenvalue weighted by molar-refractivity contribution is -0.143. The van der Waals surface area contributed by atoms with E-state index in [2.05, 4.69) is 6.92 Å². The lowest BCUT2D eigenvalue weighted by Gasteiger charge is -2.16. The average Bonchev–Trinajstić information content (AvgIpc) is 2.29. The largest absolute Gasteiger partial charge is 0.481 e. The molecule has 0 rings (SSSR count). The number of unbranched alkanes of at least 4 members (excludes halogenated alkanes) is 1. The summed E-state index contributed by atoms with van der Waals surface area (Å²) in [5.41, 5.74) is 5.34. The van der Waals surface area contributed by atoms with Crippen molar-refractivity contribution in [2.75, 3.05) is 19.8 Å². The van der Waals surface area contributed by atoms with Crippen molar-refractivity contribution in [1.29, 1.82) is 0 Å². The Balaban J connectivity index is 3.78. The molecule has 0 amide bonds. The molecule has 2 atom stereocenters. The molecule has 0 aromatic carbocycles. The van der Waals surface area contributed by atoms with Gasteiger partial charge in [0.25, 0.3) is 0 Å². The Kier molecular flexibility index (Phi) is 10.1. The molecule has 0 aromatic rings. The quantitative estimate of drug-likeness (QED) is 0.473. The van der Waals surface area contributed by atoms with E-state index in [1.807, 2.05) is 0 Å². The zero-order valence-corrected chi connectivity index (χ0v) is 10.6. The molecule has 0 spiro atoms. The molecule has 0 saturated carbocycles. The van der Waals surface area contributed by atoms with E-state index in [-0.39, 0.29) is 13.0 Å². The summed E-state index contributed by atoms with van der Waals surface area (Å²) in [4.78, 5) is 10.9. The Bertz CT molecular complexity index is 199. The van der Waals surface area contributed by atoms with Crippen molar-refractivity contribution in [2.45, 2.75) is 45.1 Å². The topological polar surface area (TPSA) is 92.8 Å². The van der Waals surface area contributed by atoms with Gasteiger partial charge in [-0.05, 0) is 32.2 Å². The van der Waals surface area contributed by atoms with Crippen LogP contribution in [0.3, 0.4) is 0 Å². The summed E-state index contributed by atoms with van der Waals surface area (Å²) in [6.45, 7) is 3.38. The highest BCUT2D eigenvalue weighted by atomic mass is 16.5. The van der Waals surface area contributed by atoms with Gasteiger partial charge in [0, 0.05) is 6.61 Å². The summed E-state index contributed by atoms with van der Waals surface area (Å²) in [6, 6.07) is 0. The maximum absolute atomic E-state index is 10.9. The maximum Gasteiger partial charge on any atom is 0.306 e. The molecular weight excluding hydrogens is 222 g/mol. The van der Waals surface area contributed by atoms with Gasteiger partial charge in [-0.2, -0.15) is 0 Å². The van der Waals surface area contributed by atoms with E-state index < -0.39 is 18.0 Å². The van der Waals surface area contributed by atoms with Gasteiger partial charge in [-0.3, -0.25) is 4.79 Å². The summed E-state index contributed by atoms with van der Waals surface area (Å²) in [7, 11) is 0. The number of ether oxygens (including phenoxy) is 1. The molecule has 17 heavy (non-hydrogen) atoms. The molecular formula is C12H25NO4. The third kappa shape index (κ3) is 9.09. The van der Waals surface area contributed by atoms with Crippen molar-refractivity contribution >= 4 is 5.97 Å². The predicted octanol–water partition coefficient (Wildman–Crippen LogP) is 0.994. The van der Waals surface area contributed by atoms with Crippen molar-refractivity contribution in [2.24, 2.45) is 11.7 Å². The van der Waals surface area contributed by atoms with E-state index in [0.29, 0.717) is 26.0 Å². The summed E-state index contributed by atoms with van der Waals surface area (Å²) in [5.74, 6) is -1.39. The van der Waals surface area contributed by atoms with Crippen LogP contribution >= 0.6 is 0 Å². The van der Waals surface area contributed by atoms with Crippen LogP contribution in [-0.2, 0) is 9.53 Å². The van der Waals surface area contributed by atoms with E-state index in [1.165, 1.54) is 0 Å². The molecule has 0 aliphatic heterocycles. The van der Waals surface area contributed by atoms with Crippen molar-refractivity contribution in [3.8, 4) is 0 Å². The van der Waals surface area contributed by atoms with Gasteiger partial charge in [-0.25, -0.2) is 0 Å². The van der Waals surface area contributed by atoms with Crippen molar-refractivity contribution < 1.29 is 19.7 Å². The number of hydrogen-bond donors (Lipinski definition) is 3. The number of carboxylic acids is 1. The lowest BCUT2D eigenvalue weighted by atomic mass is 9.96. The highest BCUT2D eigenvalue weighted by Gasteiger charge is 2.20. The first-order valence-corrected chi connectivity index (χ1v) is 6.30. The third-order valence-electron chi connectivity index (χ3n) is 2.62. The average molecular weight is 247 g/mol. The van der Waals surface area contributed by atoms with Crippen LogP contribution in [0.4, 0.5) is 0 Å². The first-order valence-electron chi connectivity index (χ1n) is 6.30. The second kappa shape index (κ2) is 10.5. The Morgan fingerprint density at radius 3 is 2.65 bits per heavy atom. The van der Waals surface area contributed by atoms with Gasteiger partial charge >= 0.3 is 5.97 Å². The van der Waals surface area contributed by atoms with Gasteiger partial charge in [0.1, 0.15) is 0 Å². The number of nitrogens with two attached hydrogens (primary N) is 1. The number of carbonyl (C=O) groups is 1. The van der Waals surface area contributed by atoms with Gasteiger partial charge in [0.05, 0.1) is 18.6 Å². The van der Waals surface area contributed by atoms with Crippen molar-refractivity contribution in [1.82, 2.24) is 0 Å². The smallest absolute Gasteiger partial charge is 0.306 e. The molecule has 5 heteroatoms. The van der Waals surface area contributed by atoms with E-state index in [4.69, 9.17) is 15.6 Å². The molecule has 0 aliphatic rings. The van der Waals surface area contributed by atoms with E-state index in [1.54, 1.807) is 0 Å². The molecule has 102 valence electrons. The number of aliphatic carboxylic acids is 1. The first-order chi connectivity index (χ1) is 8.11. The summed E-state index contributed by atoms with van der Waals surface area (Å²) < 4.78 is 5.25. The standard InChI is InChI=1S/C12H25NO4/c1-2-3-7-17-9-11(14)8-10(12(15)16)5-4-6-13/h10-11,14H,2-9,13H2,1H3,(H,15,16). The molecule has 0 fully saturated rings. The number of aliphatic hydroxyl groups excluding tert-OH is 1. The SMILES string of the molecule is CCCCOCC(O)CC(CCCN)C(=O)O. The van der Waals surface area contributed by atoms with Crippen LogP contribution in [0.25, 0.3) is 0 Å². The van der Waals surface area contributed by atoms with Crippen LogP contribution in [-0.4, -0.2) is 42.0 Å². The summed E-state index contributed by atoms with van der Waals surface area (Å²) in [5, 5.41) is 18.6. The Labute approximate surface area is 103 Å². The molecule has 0 aliphatic carbocycles. The van der Waals surface area contributed by atoms with Gasteiger partial charge in [-0.15, -0.1) is 0 Å². The highest BCUT2D eigenvalue weighted by molar-refractivity contribution is 5.69. The van der Waals surface area contributed by atoms with Crippen molar-refractivity contribution in [3.05, 3.63) is 0 Å². The van der Waals surface area contributed by atoms with Gasteiger partial charge in [0.15, 0.2) is 0 Å². The van der Waals surface area contributed by atoms with E-state index in [0.717, 1.165) is 12.8 Å². The monoisotopic (exact) mass is 247 g/mol. The fourth-order valence-corrected chi connectivity index (χ4v) is 1.57. The minimum atomic E-state index is -0.869. The lowest BCUT2D eigenvalue weighted by Crippen LogP contribution is -2.25. The number of hydrogen-bond acceptors (Lipinski definition) is 4. The van der Waals surface area contributed by atoms with Gasteiger partial charge in [-0.1, -0.05) is 13.3 Å². The van der Waals surface area contributed by atoms with Crippen LogP contribution in [0.1, 0.15) is 39.0 Å².